The van der Waals surface area contributed by atoms with Crippen molar-refractivity contribution in [3.05, 3.63) is 23.8 Å². The minimum Gasteiger partial charge on any atom is -0.337 e. The number of aryl methyl sites for hydroxylation is 1. The summed E-state index contributed by atoms with van der Waals surface area (Å²) in [5.74, 6) is 0.554. The average molecular weight is 234 g/mol. The lowest BCUT2D eigenvalue weighted by molar-refractivity contribution is 0.0781. The maximum Gasteiger partial charge on any atom is 0.274 e. The van der Waals surface area contributed by atoms with Crippen LogP contribution in [0, 0.1) is 12.8 Å². The van der Waals surface area contributed by atoms with E-state index in [2.05, 4.69) is 15.3 Å². The quantitative estimate of drug-likeness (QED) is 0.826. The van der Waals surface area contributed by atoms with Gasteiger partial charge in [0, 0.05) is 19.3 Å². The molecule has 1 aromatic rings. The Hall–Kier alpha value is -1.49. The highest BCUT2D eigenvalue weighted by Crippen LogP contribution is 2.17. The number of carbonyl (C=O) groups excluding carboxylic acids is 1. The minimum atomic E-state index is -0.00361. The predicted molar refractivity (Wildman–Crippen MR) is 64.7 cm³/mol. The Kier molecular flexibility index (Phi) is 3.68. The first-order valence-electron chi connectivity index (χ1n) is 5.93. The topological polar surface area (TPSA) is 58.1 Å². The Bertz CT molecular complexity index is 390. The number of likely N-dealkylation sites (tertiary alicyclic amines) is 1. The maximum absolute atomic E-state index is 12.1. The Morgan fingerprint density at radius 1 is 1.53 bits per heavy atom. The zero-order valence-corrected chi connectivity index (χ0v) is 10.3. The zero-order chi connectivity index (χ0) is 12.3. The van der Waals surface area contributed by atoms with E-state index in [4.69, 9.17) is 0 Å². The lowest BCUT2D eigenvalue weighted by Gasteiger charge is -2.15. The number of rotatable bonds is 3. The maximum atomic E-state index is 12.1. The van der Waals surface area contributed by atoms with Gasteiger partial charge in [0.1, 0.15) is 5.69 Å². The summed E-state index contributed by atoms with van der Waals surface area (Å²) in [4.78, 5) is 22.2. The van der Waals surface area contributed by atoms with Crippen molar-refractivity contribution < 1.29 is 4.79 Å². The van der Waals surface area contributed by atoms with Crippen LogP contribution in [0.1, 0.15) is 22.6 Å². The number of aromatic nitrogens is 2. The molecule has 1 aliphatic rings. The summed E-state index contributed by atoms with van der Waals surface area (Å²) in [6.07, 6.45) is 4.25. The summed E-state index contributed by atoms with van der Waals surface area (Å²) in [5, 5.41) is 3.15. The summed E-state index contributed by atoms with van der Waals surface area (Å²) in [7, 11) is 1.94. The smallest absolute Gasteiger partial charge is 0.274 e. The Balaban J connectivity index is 1.99. The SMILES string of the molecule is CNCC1CCN(C(=O)c2cnc(C)cn2)C1. The number of hydrogen-bond donors (Lipinski definition) is 1. The van der Waals surface area contributed by atoms with Gasteiger partial charge >= 0.3 is 0 Å². The van der Waals surface area contributed by atoms with Crippen LogP contribution in [-0.4, -0.2) is 47.5 Å². The van der Waals surface area contributed by atoms with Gasteiger partial charge in [0.15, 0.2) is 0 Å². The molecule has 1 atom stereocenters. The highest BCUT2D eigenvalue weighted by atomic mass is 16.2. The monoisotopic (exact) mass is 234 g/mol. The molecule has 0 saturated carbocycles. The summed E-state index contributed by atoms with van der Waals surface area (Å²) >= 11 is 0. The first-order chi connectivity index (χ1) is 8.20. The van der Waals surface area contributed by atoms with Crippen LogP contribution >= 0.6 is 0 Å². The van der Waals surface area contributed by atoms with Crippen molar-refractivity contribution in [3.8, 4) is 0 Å². The van der Waals surface area contributed by atoms with E-state index in [1.54, 1.807) is 12.4 Å². The summed E-state index contributed by atoms with van der Waals surface area (Å²) in [6.45, 7) is 4.46. The normalized spacial score (nSPS) is 19.6. The molecule has 0 bridgehead atoms. The van der Waals surface area contributed by atoms with Gasteiger partial charge in [-0.15, -0.1) is 0 Å². The Morgan fingerprint density at radius 2 is 2.35 bits per heavy atom. The van der Waals surface area contributed by atoms with Crippen molar-refractivity contribution in [2.24, 2.45) is 5.92 Å². The van der Waals surface area contributed by atoms with E-state index in [0.29, 0.717) is 11.6 Å². The average Bonchev–Trinajstić information content (AvgIpc) is 2.78. The van der Waals surface area contributed by atoms with Crippen LogP contribution in [0.2, 0.25) is 0 Å². The highest BCUT2D eigenvalue weighted by Gasteiger charge is 2.27. The van der Waals surface area contributed by atoms with E-state index in [0.717, 1.165) is 31.7 Å². The van der Waals surface area contributed by atoms with E-state index >= 15 is 0 Å². The number of nitrogens with zero attached hydrogens (tertiary/aromatic N) is 3. The van der Waals surface area contributed by atoms with Crippen molar-refractivity contribution >= 4 is 5.91 Å². The fourth-order valence-corrected chi connectivity index (χ4v) is 2.14. The van der Waals surface area contributed by atoms with Crippen molar-refractivity contribution in [2.75, 3.05) is 26.7 Å². The van der Waals surface area contributed by atoms with Crippen LogP contribution in [0.3, 0.4) is 0 Å². The molecule has 17 heavy (non-hydrogen) atoms. The zero-order valence-electron chi connectivity index (χ0n) is 10.3. The molecule has 0 spiro atoms. The van der Waals surface area contributed by atoms with Crippen molar-refractivity contribution in [3.63, 3.8) is 0 Å². The molecular formula is C12H18N4O. The second-order valence-corrected chi connectivity index (χ2v) is 4.51. The van der Waals surface area contributed by atoms with Gasteiger partial charge in [-0.2, -0.15) is 0 Å². The molecule has 0 radical (unpaired) electrons. The predicted octanol–water partition coefficient (Wildman–Crippen LogP) is 0.467. The van der Waals surface area contributed by atoms with Gasteiger partial charge in [-0.3, -0.25) is 9.78 Å². The molecule has 1 fully saturated rings. The lowest BCUT2D eigenvalue weighted by Crippen LogP contribution is -2.31. The molecule has 5 heteroatoms. The Morgan fingerprint density at radius 3 is 3.00 bits per heavy atom. The molecule has 1 saturated heterocycles. The Labute approximate surface area is 101 Å². The van der Waals surface area contributed by atoms with Gasteiger partial charge in [-0.1, -0.05) is 0 Å². The van der Waals surface area contributed by atoms with Crippen LogP contribution in [0.4, 0.5) is 0 Å². The third-order valence-corrected chi connectivity index (χ3v) is 3.07. The van der Waals surface area contributed by atoms with Crippen molar-refractivity contribution in [1.82, 2.24) is 20.2 Å². The minimum absolute atomic E-state index is 0.00361. The van der Waals surface area contributed by atoms with E-state index in [-0.39, 0.29) is 5.91 Å². The van der Waals surface area contributed by atoms with Gasteiger partial charge in [0.05, 0.1) is 11.9 Å². The fourth-order valence-electron chi connectivity index (χ4n) is 2.14. The number of amides is 1. The fraction of sp³-hybridized carbons (Fsp3) is 0.583. The number of hydrogen-bond acceptors (Lipinski definition) is 4. The van der Waals surface area contributed by atoms with Crippen LogP contribution in [-0.2, 0) is 0 Å². The third-order valence-electron chi connectivity index (χ3n) is 3.07. The van der Waals surface area contributed by atoms with Crippen LogP contribution < -0.4 is 5.32 Å². The molecule has 1 N–H and O–H groups in total. The largest absolute Gasteiger partial charge is 0.337 e. The molecule has 2 rings (SSSR count). The molecule has 0 aromatic carbocycles. The lowest BCUT2D eigenvalue weighted by atomic mass is 10.1. The molecule has 92 valence electrons. The van der Waals surface area contributed by atoms with Gasteiger partial charge in [0.2, 0.25) is 0 Å². The molecule has 1 aromatic heterocycles. The second kappa shape index (κ2) is 5.23. The van der Waals surface area contributed by atoms with E-state index in [9.17, 15) is 4.79 Å². The number of nitrogens with one attached hydrogen (secondary N) is 1. The first kappa shape index (κ1) is 12.0. The van der Waals surface area contributed by atoms with Crippen LogP contribution in [0.25, 0.3) is 0 Å². The van der Waals surface area contributed by atoms with Crippen molar-refractivity contribution in [2.45, 2.75) is 13.3 Å². The van der Waals surface area contributed by atoms with E-state index < -0.39 is 0 Å². The molecule has 0 aliphatic carbocycles. The summed E-state index contributed by atoms with van der Waals surface area (Å²) in [5.41, 5.74) is 1.27. The second-order valence-electron chi connectivity index (χ2n) is 4.51. The molecule has 1 amide bonds. The van der Waals surface area contributed by atoms with Crippen LogP contribution in [0.5, 0.6) is 0 Å². The van der Waals surface area contributed by atoms with Gasteiger partial charge in [-0.25, -0.2) is 4.98 Å². The summed E-state index contributed by atoms with van der Waals surface area (Å²) in [6, 6.07) is 0. The highest BCUT2D eigenvalue weighted by molar-refractivity contribution is 5.92. The van der Waals surface area contributed by atoms with Gasteiger partial charge in [0.25, 0.3) is 5.91 Å². The van der Waals surface area contributed by atoms with Gasteiger partial charge in [-0.05, 0) is 32.9 Å². The number of carbonyl (C=O) groups is 1. The van der Waals surface area contributed by atoms with Crippen LogP contribution in [0.15, 0.2) is 12.4 Å². The molecular weight excluding hydrogens is 216 g/mol. The van der Waals surface area contributed by atoms with E-state index in [1.165, 1.54) is 0 Å². The third kappa shape index (κ3) is 2.79. The first-order valence-corrected chi connectivity index (χ1v) is 5.93. The molecule has 1 aliphatic heterocycles. The molecule has 5 nitrogen and oxygen atoms in total. The van der Waals surface area contributed by atoms with E-state index in [1.807, 2.05) is 18.9 Å². The molecule has 2 heterocycles. The molecule has 1 unspecified atom stereocenters. The standard InChI is InChI=1S/C12H18N4O/c1-9-5-15-11(7-14-9)12(17)16-4-3-10(8-16)6-13-2/h5,7,10,13H,3-4,6,8H2,1-2H3. The summed E-state index contributed by atoms with van der Waals surface area (Å²) < 4.78 is 0. The van der Waals surface area contributed by atoms with Crippen molar-refractivity contribution in [1.29, 1.82) is 0 Å². The van der Waals surface area contributed by atoms with Gasteiger partial charge < -0.3 is 10.2 Å².